The highest BCUT2D eigenvalue weighted by molar-refractivity contribution is 7.19. The number of alkyl halides is 3. The molecule has 4 heterocycles. The summed E-state index contributed by atoms with van der Waals surface area (Å²) in [4.78, 5) is 30.0. The molecule has 7 nitrogen and oxygen atoms in total. The Morgan fingerprint density at radius 3 is 2.67 bits per heavy atom. The monoisotopic (exact) mass is 536 g/mol. The quantitative estimate of drug-likeness (QED) is 0.399. The number of ether oxygens (including phenoxy) is 1. The van der Waals surface area contributed by atoms with E-state index in [0.717, 1.165) is 51.3 Å². The van der Waals surface area contributed by atoms with Crippen molar-refractivity contribution in [2.24, 2.45) is 0 Å². The number of aryl methyl sites for hydroxylation is 1. The van der Waals surface area contributed by atoms with E-state index in [2.05, 4.69) is 10.3 Å². The Morgan fingerprint density at radius 1 is 1.19 bits per heavy atom. The van der Waals surface area contributed by atoms with E-state index in [4.69, 9.17) is 16.3 Å². The van der Waals surface area contributed by atoms with Crippen LogP contribution >= 0.6 is 22.9 Å². The van der Waals surface area contributed by atoms with E-state index in [1.54, 1.807) is 12.3 Å². The van der Waals surface area contributed by atoms with Crippen LogP contribution in [0.25, 0.3) is 21.3 Å². The van der Waals surface area contributed by atoms with Gasteiger partial charge in [0.15, 0.2) is 0 Å². The SMILES string of the molecule is Cc1cc(Cl)cc(-c2ccnc3cc(Cn4c(=O)ccn(CC(F)(F)F)c4=O)sc23)c1OC1CNC1. The number of hydrogen-bond acceptors (Lipinski definition) is 6. The molecule has 0 bridgehead atoms. The minimum atomic E-state index is -4.59. The van der Waals surface area contributed by atoms with Gasteiger partial charge in [0.2, 0.25) is 0 Å². The van der Waals surface area contributed by atoms with Crippen LogP contribution < -0.4 is 21.3 Å². The molecule has 188 valence electrons. The molecule has 4 aromatic rings. The van der Waals surface area contributed by atoms with Crippen LogP contribution in [0.4, 0.5) is 13.2 Å². The lowest BCUT2D eigenvalue weighted by atomic mass is 10.0. The third-order valence-electron chi connectivity index (χ3n) is 5.82. The second-order valence-electron chi connectivity index (χ2n) is 8.55. The van der Waals surface area contributed by atoms with Gasteiger partial charge in [0.05, 0.1) is 16.8 Å². The molecule has 0 amide bonds. The summed E-state index contributed by atoms with van der Waals surface area (Å²) in [6.07, 6.45) is -2.04. The van der Waals surface area contributed by atoms with Gasteiger partial charge in [-0.15, -0.1) is 11.3 Å². The molecule has 1 fully saturated rings. The van der Waals surface area contributed by atoms with Crippen LogP contribution in [0.3, 0.4) is 0 Å². The highest BCUT2D eigenvalue weighted by atomic mass is 35.5. The van der Waals surface area contributed by atoms with Crippen molar-refractivity contribution in [3.63, 3.8) is 0 Å². The highest BCUT2D eigenvalue weighted by Crippen LogP contribution is 2.41. The van der Waals surface area contributed by atoms with Gasteiger partial charge < -0.3 is 10.1 Å². The van der Waals surface area contributed by atoms with Gasteiger partial charge >= 0.3 is 11.9 Å². The fourth-order valence-corrected chi connectivity index (χ4v) is 5.45. The van der Waals surface area contributed by atoms with Gasteiger partial charge in [-0.25, -0.2) is 4.79 Å². The lowest BCUT2D eigenvalue weighted by molar-refractivity contribution is -0.141. The van der Waals surface area contributed by atoms with Crippen molar-refractivity contribution in [1.82, 2.24) is 19.4 Å². The number of hydrogen-bond donors (Lipinski definition) is 1. The molecule has 0 atom stereocenters. The minimum Gasteiger partial charge on any atom is -0.487 e. The summed E-state index contributed by atoms with van der Waals surface area (Å²) in [5.74, 6) is 0.711. The van der Waals surface area contributed by atoms with E-state index in [1.165, 1.54) is 11.3 Å². The maximum Gasteiger partial charge on any atom is 0.406 e. The van der Waals surface area contributed by atoms with Crippen LogP contribution in [0, 0.1) is 6.92 Å². The first-order valence-electron chi connectivity index (χ1n) is 11.0. The van der Waals surface area contributed by atoms with Crippen molar-refractivity contribution in [3.05, 3.63) is 79.0 Å². The highest BCUT2D eigenvalue weighted by Gasteiger charge is 2.29. The van der Waals surface area contributed by atoms with E-state index in [-0.39, 0.29) is 12.6 Å². The zero-order chi connectivity index (χ0) is 25.6. The number of benzene rings is 1. The topological polar surface area (TPSA) is 78.2 Å². The van der Waals surface area contributed by atoms with E-state index < -0.39 is 24.0 Å². The van der Waals surface area contributed by atoms with Crippen LogP contribution in [-0.4, -0.2) is 39.5 Å². The standard InChI is InChI=1S/C24H20ClF3N4O3S/c1-13-6-14(25)7-18(21(13)35-15-9-29-10-15)17-2-4-30-19-8-16(36-22(17)19)11-32-20(33)3-5-31(23(32)34)12-24(26,27)28/h2-8,15,29H,9-12H2,1H3. The van der Waals surface area contributed by atoms with Gasteiger partial charge in [-0.05, 0) is 36.8 Å². The fourth-order valence-electron chi connectivity index (χ4n) is 4.05. The third kappa shape index (κ3) is 4.91. The van der Waals surface area contributed by atoms with Crippen LogP contribution in [0.15, 0.2) is 52.3 Å². The number of thiophene rings is 1. The Bertz CT molecular complexity index is 1570. The zero-order valence-corrected chi connectivity index (χ0v) is 20.5. The molecule has 1 aromatic carbocycles. The molecule has 0 saturated carbocycles. The molecule has 12 heteroatoms. The summed E-state index contributed by atoms with van der Waals surface area (Å²) in [6.45, 7) is 1.76. The average molecular weight is 537 g/mol. The molecule has 1 aliphatic rings. The number of nitrogens with zero attached hydrogens (tertiary/aromatic N) is 3. The molecule has 1 N–H and O–H groups in total. The summed E-state index contributed by atoms with van der Waals surface area (Å²) in [6, 6.07) is 8.17. The van der Waals surface area contributed by atoms with Gasteiger partial charge in [-0.1, -0.05) is 11.6 Å². The van der Waals surface area contributed by atoms with Crippen molar-refractivity contribution < 1.29 is 17.9 Å². The zero-order valence-electron chi connectivity index (χ0n) is 18.9. The smallest absolute Gasteiger partial charge is 0.406 e. The van der Waals surface area contributed by atoms with Gasteiger partial charge in [0.1, 0.15) is 18.4 Å². The number of halogens is 4. The van der Waals surface area contributed by atoms with Crippen molar-refractivity contribution in [2.45, 2.75) is 32.3 Å². The predicted molar refractivity (Wildman–Crippen MR) is 132 cm³/mol. The Hall–Kier alpha value is -3.15. The lowest BCUT2D eigenvalue weighted by Crippen LogP contribution is -2.50. The summed E-state index contributed by atoms with van der Waals surface area (Å²) in [7, 11) is 0. The van der Waals surface area contributed by atoms with Crippen LogP contribution in [-0.2, 0) is 13.1 Å². The molecular weight excluding hydrogens is 517 g/mol. The third-order valence-corrected chi connectivity index (χ3v) is 7.18. The normalized spacial score (nSPS) is 14.2. The second kappa shape index (κ2) is 9.38. The van der Waals surface area contributed by atoms with E-state index in [9.17, 15) is 22.8 Å². The van der Waals surface area contributed by atoms with Crippen LogP contribution in [0.1, 0.15) is 10.4 Å². The van der Waals surface area contributed by atoms with Crippen molar-refractivity contribution >= 4 is 33.2 Å². The van der Waals surface area contributed by atoms with Crippen LogP contribution in [0.2, 0.25) is 5.02 Å². The average Bonchev–Trinajstić information content (AvgIpc) is 3.18. The molecule has 3 aromatic heterocycles. The minimum absolute atomic E-state index is 0.0451. The number of fused-ring (bicyclic) bond motifs is 1. The second-order valence-corrected chi connectivity index (χ2v) is 10.1. The number of pyridine rings is 1. The number of rotatable bonds is 6. The van der Waals surface area contributed by atoms with Gasteiger partial charge in [0.25, 0.3) is 5.56 Å². The Labute approximate surface area is 211 Å². The maximum atomic E-state index is 12.8. The van der Waals surface area contributed by atoms with E-state index >= 15 is 0 Å². The van der Waals surface area contributed by atoms with Gasteiger partial charge in [-0.3, -0.25) is 18.9 Å². The molecule has 5 rings (SSSR count). The Morgan fingerprint density at radius 2 is 1.97 bits per heavy atom. The molecule has 36 heavy (non-hydrogen) atoms. The summed E-state index contributed by atoms with van der Waals surface area (Å²) >= 11 is 7.69. The fraction of sp³-hybridized carbons (Fsp3) is 0.292. The summed E-state index contributed by atoms with van der Waals surface area (Å²) in [5.41, 5.74) is 1.41. The molecular formula is C24H20ClF3N4O3S. The maximum absolute atomic E-state index is 12.8. The van der Waals surface area contributed by atoms with Crippen LogP contribution in [0.5, 0.6) is 5.75 Å². The largest absolute Gasteiger partial charge is 0.487 e. The molecule has 1 aliphatic heterocycles. The number of nitrogens with one attached hydrogen (secondary N) is 1. The molecule has 0 radical (unpaired) electrons. The van der Waals surface area contributed by atoms with Crippen molar-refractivity contribution in [1.29, 1.82) is 0 Å². The lowest BCUT2D eigenvalue weighted by Gasteiger charge is -2.29. The summed E-state index contributed by atoms with van der Waals surface area (Å²) < 4.78 is 46.8. The summed E-state index contributed by atoms with van der Waals surface area (Å²) in [5, 5.41) is 3.72. The first kappa shape index (κ1) is 24.5. The molecule has 0 unspecified atom stereocenters. The van der Waals surface area contributed by atoms with Gasteiger partial charge in [0, 0.05) is 52.6 Å². The number of aromatic nitrogens is 3. The molecule has 0 spiro atoms. The first-order valence-corrected chi connectivity index (χ1v) is 12.2. The first-order chi connectivity index (χ1) is 17.1. The predicted octanol–water partition coefficient (Wildman–Crippen LogP) is 4.21. The molecule has 1 saturated heterocycles. The van der Waals surface area contributed by atoms with E-state index in [1.807, 2.05) is 25.1 Å². The Kier molecular flexibility index (Phi) is 6.39. The Balaban J connectivity index is 1.57. The van der Waals surface area contributed by atoms with Crippen molar-refractivity contribution in [3.8, 4) is 16.9 Å². The van der Waals surface area contributed by atoms with Crippen molar-refractivity contribution in [2.75, 3.05) is 13.1 Å². The van der Waals surface area contributed by atoms with E-state index in [0.29, 0.717) is 25.7 Å². The van der Waals surface area contributed by atoms with Gasteiger partial charge in [-0.2, -0.15) is 13.2 Å². The molecule has 0 aliphatic carbocycles.